The van der Waals surface area contributed by atoms with Gasteiger partial charge in [-0.15, -0.1) is 11.3 Å². The molecule has 0 aliphatic heterocycles. The maximum Gasteiger partial charge on any atom is 0.258 e. The first kappa shape index (κ1) is 14.9. The summed E-state index contributed by atoms with van der Waals surface area (Å²) in [4.78, 5) is 13.3. The van der Waals surface area contributed by atoms with Crippen LogP contribution >= 0.6 is 11.3 Å². The monoisotopic (exact) mass is 317 g/mol. The maximum atomic E-state index is 12.1. The van der Waals surface area contributed by atoms with E-state index in [1.54, 1.807) is 30.6 Å². The van der Waals surface area contributed by atoms with E-state index in [-0.39, 0.29) is 18.6 Å². The number of carbonyl (C=O) groups is 1. The van der Waals surface area contributed by atoms with Gasteiger partial charge in [-0.1, -0.05) is 6.07 Å². The third kappa shape index (κ3) is 3.80. The predicted molar refractivity (Wildman–Crippen MR) is 86.4 cm³/mol. The van der Waals surface area contributed by atoms with Crippen molar-refractivity contribution in [2.75, 3.05) is 13.7 Å². The van der Waals surface area contributed by atoms with E-state index >= 15 is 0 Å². The van der Waals surface area contributed by atoms with Crippen molar-refractivity contribution in [1.29, 1.82) is 0 Å². The predicted octanol–water partition coefficient (Wildman–Crippen LogP) is 3.40. The number of benzene rings is 1. The van der Waals surface area contributed by atoms with Crippen molar-refractivity contribution in [3.8, 4) is 11.5 Å². The molecule has 1 unspecified atom stereocenters. The summed E-state index contributed by atoms with van der Waals surface area (Å²) in [5, 5.41) is 5.14. The third-order valence-electron chi connectivity index (χ3n) is 3.69. The van der Waals surface area contributed by atoms with Crippen LogP contribution in [0, 0.1) is 5.92 Å². The molecule has 3 rings (SSSR count). The topological polar surface area (TPSA) is 47.6 Å². The number of methoxy groups -OCH3 is 1. The summed E-state index contributed by atoms with van der Waals surface area (Å²) in [5.74, 6) is 1.92. The van der Waals surface area contributed by atoms with Crippen molar-refractivity contribution in [3.63, 3.8) is 0 Å². The molecule has 1 heterocycles. The number of hydrogen-bond acceptors (Lipinski definition) is 4. The largest absolute Gasteiger partial charge is 0.497 e. The molecule has 22 heavy (non-hydrogen) atoms. The third-order valence-corrected chi connectivity index (χ3v) is 4.64. The van der Waals surface area contributed by atoms with Crippen LogP contribution in [0.25, 0.3) is 0 Å². The van der Waals surface area contributed by atoms with Gasteiger partial charge in [-0.25, -0.2) is 0 Å². The van der Waals surface area contributed by atoms with Gasteiger partial charge in [0.05, 0.1) is 13.2 Å². The second-order valence-corrected chi connectivity index (χ2v) is 6.34. The quantitative estimate of drug-likeness (QED) is 0.851. The number of nitrogens with one attached hydrogen (secondary N) is 1. The average Bonchev–Trinajstić information content (AvgIpc) is 3.25. The van der Waals surface area contributed by atoms with Gasteiger partial charge in [0.2, 0.25) is 0 Å². The Kier molecular flexibility index (Phi) is 4.63. The van der Waals surface area contributed by atoms with E-state index < -0.39 is 0 Å². The normalized spacial score (nSPS) is 15.1. The van der Waals surface area contributed by atoms with E-state index in [2.05, 4.69) is 11.4 Å². The number of rotatable bonds is 7. The minimum atomic E-state index is -0.0823. The number of amides is 1. The first-order chi connectivity index (χ1) is 10.8. The molecular formula is C17H19NO3S. The van der Waals surface area contributed by atoms with Crippen molar-refractivity contribution < 1.29 is 14.3 Å². The number of ether oxygens (including phenoxy) is 2. The molecule has 116 valence electrons. The summed E-state index contributed by atoms with van der Waals surface area (Å²) < 4.78 is 10.6. The number of carbonyl (C=O) groups excluding carboxylic acids is 1. The Labute approximate surface area is 134 Å². The Morgan fingerprint density at radius 2 is 2.00 bits per heavy atom. The molecule has 0 bridgehead atoms. The molecule has 1 aromatic heterocycles. The van der Waals surface area contributed by atoms with Gasteiger partial charge in [0.25, 0.3) is 5.91 Å². The Hall–Kier alpha value is -2.01. The second-order valence-electron chi connectivity index (χ2n) is 5.36. The van der Waals surface area contributed by atoms with Crippen LogP contribution in [0.3, 0.4) is 0 Å². The summed E-state index contributed by atoms with van der Waals surface area (Å²) in [5.41, 5.74) is 0. The summed E-state index contributed by atoms with van der Waals surface area (Å²) in [7, 11) is 1.62. The minimum Gasteiger partial charge on any atom is -0.497 e. The van der Waals surface area contributed by atoms with Crippen LogP contribution in [0.4, 0.5) is 0 Å². The van der Waals surface area contributed by atoms with Crippen LogP contribution in [0.1, 0.15) is 23.8 Å². The van der Waals surface area contributed by atoms with Crippen molar-refractivity contribution in [2.24, 2.45) is 5.92 Å². The van der Waals surface area contributed by atoms with Gasteiger partial charge in [-0.3, -0.25) is 4.79 Å². The first-order valence-electron chi connectivity index (χ1n) is 7.36. The van der Waals surface area contributed by atoms with Crippen LogP contribution in [0.15, 0.2) is 41.8 Å². The molecule has 0 radical (unpaired) electrons. The van der Waals surface area contributed by atoms with Crippen molar-refractivity contribution in [3.05, 3.63) is 46.7 Å². The van der Waals surface area contributed by atoms with Gasteiger partial charge in [-0.2, -0.15) is 0 Å². The van der Waals surface area contributed by atoms with Crippen LogP contribution in [-0.2, 0) is 4.79 Å². The van der Waals surface area contributed by atoms with E-state index in [0.717, 1.165) is 5.75 Å². The highest BCUT2D eigenvalue weighted by molar-refractivity contribution is 7.10. The molecule has 1 aliphatic rings. The van der Waals surface area contributed by atoms with Gasteiger partial charge in [0, 0.05) is 4.88 Å². The van der Waals surface area contributed by atoms with E-state index in [1.807, 2.05) is 23.6 Å². The van der Waals surface area contributed by atoms with E-state index in [9.17, 15) is 4.79 Å². The fourth-order valence-corrected chi connectivity index (χ4v) is 3.22. The molecule has 0 saturated heterocycles. The fraction of sp³-hybridized carbons (Fsp3) is 0.353. The summed E-state index contributed by atoms with van der Waals surface area (Å²) in [6.07, 6.45) is 2.37. The molecule has 1 atom stereocenters. The molecule has 1 aliphatic carbocycles. The molecule has 1 aromatic carbocycles. The molecule has 2 aromatic rings. The van der Waals surface area contributed by atoms with Gasteiger partial charge in [0.1, 0.15) is 11.5 Å². The smallest absolute Gasteiger partial charge is 0.258 e. The Morgan fingerprint density at radius 3 is 2.59 bits per heavy atom. The fourth-order valence-electron chi connectivity index (χ4n) is 2.36. The summed E-state index contributed by atoms with van der Waals surface area (Å²) >= 11 is 1.69. The summed E-state index contributed by atoms with van der Waals surface area (Å²) in [6.45, 7) is 0.0287. The summed E-state index contributed by atoms with van der Waals surface area (Å²) in [6, 6.07) is 11.4. The molecular weight excluding hydrogens is 298 g/mol. The highest BCUT2D eigenvalue weighted by Crippen LogP contribution is 2.42. The molecule has 5 heteroatoms. The van der Waals surface area contributed by atoms with Gasteiger partial charge in [-0.05, 0) is 54.5 Å². The highest BCUT2D eigenvalue weighted by Gasteiger charge is 2.33. The lowest BCUT2D eigenvalue weighted by Gasteiger charge is -2.17. The second kappa shape index (κ2) is 6.83. The van der Waals surface area contributed by atoms with Crippen molar-refractivity contribution in [1.82, 2.24) is 5.32 Å². The van der Waals surface area contributed by atoms with Crippen LogP contribution in [-0.4, -0.2) is 19.6 Å². The zero-order valence-corrected chi connectivity index (χ0v) is 13.3. The highest BCUT2D eigenvalue weighted by atomic mass is 32.1. The lowest BCUT2D eigenvalue weighted by Crippen LogP contribution is -2.33. The Balaban J connectivity index is 1.52. The van der Waals surface area contributed by atoms with E-state index in [1.165, 1.54) is 17.7 Å². The lowest BCUT2D eigenvalue weighted by molar-refractivity contribution is -0.124. The van der Waals surface area contributed by atoms with Gasteiger partial charge >= 0.3 is 0 Å². The molecule has 4 nitrogen and oxygen atoms in total. The van der Waals surface area contributed by atoms with Crippen LogP contribution < -0.4 is 14.8 Å². The molecule has 1 amide bonds. The molecule has 1 fully saturated rings. The molecule has 0 spiro atoms. The van der Waals surface area contributed by atoms with Crippen molar-refractivity contribution in [2.45, 2.75) is 18.9 Å². The maximum absolute atomic E-state index is 12.1. The Bertz CT molecular complexity index is 605. The van der Waals surface area contributed by atoms with Gasteiger partial charge in [0.15, 0.2) is 6.61 Å². The van der Waals surface area contributed by atoms with E-state index in [4.69, 9.17) is 9.47 Å². The zero-order valence-electron chi connectivity index (χ0n) is 12.5. The van der Waals surface area contributed by atoms with Gasteiger partial charge < -0.3 is 14.8 Å². The average molecular weight is 317 g/mol. The van der Waals surface area contributed by atoms with Crippen molar-refractivity contribution >= 4 is 17.2 Å². The van der Waals surface area contributed by atoms with Crippen LogP contribution in [0.5, 0.6) is 11.5 Å². The Morgan fingerprint density at radius 1 is 1.27 bits per heavy atom. The van der Waals surface area contributed by atoms with E-state index in [0.29, 0.717) is 11.7 Å². The minimum absolute atomic E-state index is 0.0287. The number of thiophene rings is 1. The SMILES string of the molecule is COc1ccc(OCC(=O)NC(c2cccs2)C2CC2)cc1. The lowest BCUT2D eigenvalue weighted by atomic mass is 10.1. The molecule has 1 N–H and O–H groups in total. The first-order valence-corrected chi connectivity index (χ1v) is 8.24. The standard InChI is InChI=1S/C17H19NO3S/c1-20-13-6-8-14(9-7-13)21-11-16(19)18-17(12-4-5-12)15-3-2-10-22-15/h2-3,6-10,12,17H,4-5,11H2,1H3,(H,18,19). The number of hydrogen-bond donors (Lipinski definition) is 1. The zero-order chi connectivity index (χ0) is 15.4. The molecule has 1 saturated carbocycles. The van der Waals surface area contributed by atoms with Crippen LogP contribution in [0.2, 0.25) is 0 Å².